The van der Waals surface area contributed by atoms with E-state index in [0.29, 0.717) is 42.3 Å². The Balaban J connectivity index is 1.30. The zero-order valence-corrected chi connectivity index (χ0v) is 17.9. The lowest BCUT2D eigenvalue weighted by Crippen LogP contribution is -2.42. The minimum absolute atomic E-state index is 0.0803. The maximum absolute atomic E-state index is 12.5. The molecular formula is C22H25ClN4O4. The number of hydrogen-bond acceptors (Lipinski definition) is 5. The molecule has 2 fully saturated rings. The average Bonchev–Trinajstić information content (AvgIpc) is 3.29. The van der Waals surface area contributed by atoms with Crippen LogP contribution < -0.4 is 15.6 Å². The van der Waals surface area contributed by atoms with Crippen LogP contribution in [0.5, 0.6) is 5.75 Å². The van der Waals surface area contributed by atoms with Gasteiger partial charge in [0, 0.05) is 43.6 Å². The van der Waals surface area contributed by atoms with Crippen molar-refractivity contribution in [2.24, 2.45) is 0 Å². The molecule has 2 amide bonds. The lowest BCUT2D eigenvalue weighted by Gasteiger charge is -2.32. The van der Waals surface area contributed by atoms with Gasteiger partial charge < -0.3 is 15.0 Å². The number of piperidine rings is 1. The Morgan fingerprint density at radius 1 is 1.10 bits per heavy atom. The van der Waals surface area contributed by atoms with Crippen molar-refractivity contribution < 1.29 is 14.3 Å². The third-order valence-corrected chi connectivity index (χ3v) is 6.10. The van der Waals surface area contributed by atoms with Gasteiger partial charge in [0.25, 0.3) is 17.4 Å². The second-order valence-corrected chi connectivity index (χ2v) is 8.42. The standard InChI is InChI=1S/C22H25ClN4O4/c23-17-13-14(21(29)24-15-3-1-2-4-15)5-7-19(17)31-16-9-11-27(12-10-16)22(30)18-6-8-20(28)26-25-18/h5-8,13,15-16H,1-4,9-12H2,(H,24,29)(H,26,28). The van der Waals surface area contributed by atoms with Gasteiger partial charge >= 0.3 is 0 Å². The highest BCUT2D eigenvalue weighted by Crippen LogP contribution is 2.29. The zero-order chi connectivity index (χ0) is 21.8. The lowest BCUT2D eigenvalue weighted by atomic mass is 10.1. The number of hydrogen-bond donors (Lipinski definition) is 2. The van der Waals surface area contributed by atoms with Crippen molar-refractivity contribution in [2.75, 3.05) is 13.1 Å². The highest BCUT2D eigenvalue weighted by molar-refractivity contribution is 6.32. The molecule has 2 aliphatic rings. The smallest absolute Gasteiger partial charge is 0.274 e. The zero-order valence-electron chi connectivity index (χ0n) is 17.1. The van der Waals surface area contributed by atoms with Gasteiger partial charge in [-0.2, -0.15) is 5.10 Å². The van der Waals surface area contributed by atoms with Crippen LogP contribution in [0.15, 0.2) is 35.1 Å². The molecular weight excluding hydrogens is 420 g/mol. The molecule has 0 bridgehead atoms. The number of ether oxygens (including phenoxy) is 1. The molecule has 2 heterocycles. The van der Waals surface area contributed by atoms with Crippen molar-refractivity contribution in [1.82, 2.24) is 20.4 Å². The molecule has 0 radical (unpaired) electrons. The molecule has 1 saturated carbocycles. The molecule has 0 spiro atoms. The first-order valence-corrected chi connectivity index (χ1v) is 11.0. The van der Waals surface area contributed by atoms with E-state index in [4.69, 9.17) is 16.3 Å². The van der Waals surface area contributed by atoms with E-state index < -0.39 is 0 Å². The fourth-order valence-electron chi connectivity index (χ4n) is 4.06. The molecule has 1 saturated heterocycles. The molecule has 164 valence electrons. The van der Waals surface area contributed by atoms with Crippen molar-refractivity contribution in [3.05, 3.63) is 57.0 Å². The van der Waals surface area contributed by atoms with Crippen molar-refractivity contribution in [3.8, 4) is 5.75 Å². The fraction of sp³-hybridized carbons (Fsp3) is 0.455. The summed E-state index contributed by atoms with van der Waals surface area (Å²) in [7, 11) is 0. The molecule has 4 rings (SSSR count). The van der Waals surface area contributed by atoms with Crippen molar-refractivity contribution in [1.29, 1.82) is 0 Å². The summed E-state index contributed by atoms with van der Waals surface area (Å²) >= 11 is 6.37. The van der Waals surface area contributed by atoms with Crippen LogP contribution in [0, 0.1) is 0 Å². The van der Waals surface area contributed by atoms with E-state index in [1.807, 2.05) is 0 Å². The predicted molar refractivity (Wildman–Crippen MR) is 116 cm³/mol. The number of benzene rings is 1. The van der Waals surface area contributed by atoms with E-state index in [1.54, 1.807) is 23.1 Å². The highest BCUT2D eigenvalue weighted by Gasteiger charge is 2.26. The Morgan fingerprint density at radius 3 is 2.48 bits per heavy atom. The first kappa shape index (κ1) is 21.4. The second kappa shape index (κ2) is 9.51. The maximum atomic E-state index is 12.5. The van der Waals surface area contributed by atoms with Gasteiger partial charge in [-0.25, -0.2) is 5.10 Å². The van der Waals surface area contributed by atoms with Crippen LogP contribution in [-0.4, -0.2) is 52.1 Å². The Labute approximate surface area is 184 Å². The van der Waals surface area contributed by atoms with Crippen LogP contribution in [0.4, 0.5) is 0 Å². The van der Waals surface area contributed by atoms with E-state index in [2.05, 4.69) is 15.5 Å². The second-order valence-electron chi connectivity index (χ2n) is 8.02. The highest BCUT2D eigenvalue weighted by atomic mass is 35.5. The molecule has 31 heavy (non-hydrogen) atoms. The van der Waals surface area contributed by atoms with Gasteiger partial charge in [0.15, 0.2) is 0 Å². The average molecular weight is 445 g/mol. The van der Waals surface area contributed by atoms with E-state index in [-0.39, 0.29) is 35.2 Å². The molecule has 0 unspecified atom stereocenters. The van der Waals surface area contributed by atoms with Crippen molar-refractivity contribution >= 4 is 23.4 Å². The summed E-state index contributed by atoms with van der Waals surface area (Å²) in [6.45, 7) is 1.04. The van der Waals surface area contributed by atoms with E-state index in [1.165, 1.54) is 12.1 Å². The summed E-state index contributed by atoms with van der Waals surface area (Å²) in [6, 6.07) is 8.06. The monoisotopic (exact) mass is 444 g/mol. The normalized spacial score (nSPS) is 17.5. The third kappa shape index (κ3) is 5.25. The Hall–Kier alpha value is -2.87. The number of halogens is 1. The van der Waals surface area contributed by atoms with Gasteiger partial charge in [-0.15, -0.1) is 0 Å². The van der Waals surface area contributed by atoms with Gasteiger partial charge in [0.1, 0.15) is 17.5 Å². The minimum atomic E-state index is -0.345. The first-order valence-electron chi connectivity index (χ1n) is 10.6. The number of rotatable bonds is 5. The van der Waals surface area contributed by atoms with Gasteiger partial charge in [-0.1, -0.05) is 24.4 Å². The summed E-state index contributed by atoms with van der Waals surface area (Å²) < 4.78 is 6.04. The number of aromatic nitrogens is 2. The molecule has 2 N–H and O–H groups in total. The predicted octanol–water partition coefficient (Wildman–Crippen LogP) is 2.78. The molecule has 1 aliphatic carbocycles. The molecule has 1 aromatic heterocycles. The third-order valence-electron chi connectivity index (χ3n) is 5.81. The summed E-state index contributed by atoms with van der Waals surface area (Å²) in [5.74, 6) is 0.208. The van der Waals surface area contributed by atoms with Gasteiger partial charge in [-0.3, -0.25) is 14.4 Å². The Morgan fingerprint density at radius 2 is 1.84 bits per heavy atom. The topological polar surface area (TPSA) is 104 Å². The van der Waals surface area contributed by atoms with Crippen LogP contribution in [-0.2, 0) is 0 Å². The SMILES string of the molecule is O=C(NC1CCCC1)c1ccc(OC2CCN(C(=O)c3ccc(=O)[nH]n3)CC2)c(Cl)c1. The van der Waals surface area contributed by atoms with Gasteiger partial charge in [-0.05, 0) is 37.1 Å². The van der Waals surface area contributed by atoms with Gasteiger partial charge in [0.2, 0.25) is 0 Å². The number of nitrogens with zero attached hydrogens (tertiary/aromatic N) is 2. The minimum Gasteiger partial charge on any atom is -0.489 e. The first-order chi connectivity index (χ1) is 15.0. The molecule has 8 nitrogen and oxygen atoms in total. The number of carbonyl (C=O) groups is 2. The molecule has 2 aromatic rings. The molecule has 1 aromatic carbocycles. The molecule has 9 heteroatoms. The lowest BCUT2D eigenvalue weighted by molar-refractivity contribution is 0.0589. The Kier molecular flexibility index (Phi) is 6.56. The van der Waals surface area contributed by atoms with E-state index >= 15 is 0 Å². The molecule has 0 atom stereocenters. The van der Waals surface area contributed by atoms with Crippen molar-refractivity contribution in [3.63, 3.8) is 0 Å². The quantitative estimate of drug-likeness (QED) is 0.737. The summed E-state index contributed by atoms with van der Waals surface area (Å²) in [6.07, 6.45) is 5.59. The molecule has 1 aliphatic heterocycles. The van der Waals surface area contributed by atoms with E-state index in [9.17, 15) is 14.4 Å². The number of aromatic amines is 1. The number of amides is 2. The van der Waals surface area contributed by atoms with Crippen LogP contribution >= 0.6 is 11.6 Å². The number of carbonyl (C=O) groups excluding carboxylic acids is 2. The summed E-state index contributed by atoms with van der Waals surface area (Å²) in [5, 5.41) is 9.53. The number of likely N-dealkylation sites (tertiary alicyclic amines) is 1. The van der Waals surface area contributed by atoms with Gasteiger partial charge in [0.05, 0.1) is 5.02 Å². The van der Waals surface area contributed by atoms with Crippen LogP contribution in [0.25, 0.3) is 0 Å². The van der Waals surface area contributed by atoms with E-state index in [0.717, 1.165) is 25.7 Å². The summed E-state index contributed by atoms with van der Waals surface area (Å²) in [5.41, 5.74) is 0.397. The number of H-pyrrole nitrogens is 1. The Bertz CT molecular complexity index is 990. The number of nitrogens with one attached hydrogen (secondary N) is 2. The van der Waals surface area contributed by atoms with Crippen LogP contribution in [0.2, 0.25) is 5.02 Å². The summed E-state index contributed by atoms with van der Waals surface area (Å²) in [4.78, 5) is 37.7. The fourth-order valence-corrected chi connectivity index (χ4v) is 4.28. The maximum Gasteiger partial charge on any atom is 0.274 e. The van der Waals surface area contributed by atoms with Crippen LogP contribution in [0.3, 0.4) is 0 Å². The van der Waals surface area contributed by atoms with Crippen molar-refractivity contribution in [2.45, 2.75) is 50.7 Å². The van der Waals surface area contributed by atoms with Crippen LogP contribution in [0.1, 0.15) is 59.4 Å². The largest absolute Gasteiger partial charge is 0.489 e.